The summed E-state index contributed by atoms with van der Waals surface area (Å²) in [5.74, 6) is 0. The first-order valence-corrected chi connectivity index (χ1v) is 5.14. The minimum Gasteiger partial charge on any atom is -0.392 e. The molecule has 0 spiro atoms. The zero-order chi connectivity index (χ0) is 15.0. The molecule has 0 aliphatic rings. The number of aliphatic hydroxyl groups excluding tert-OH is 1. The van der Waals surface area contributed by atoms with Gasteiger partial charge in [0.2, 0.25) is 0 Å². The van der Waals surface area contributed by atoms with Gasteiger partial charge in [-0.3, -0.25) is 0 Å². The van der Waals surface area contributed by atoms with Crippen LogP contribution < -0.4 is 0 Å². The average molecular weight is 268 g/mol. The van der Waals surface area contributed by atoms with Crippen molar-refractivity contribution < 1.29 is 12.0 Å². The second-order valence-corrected chi connectivity index (χ2v) is 3.85. The zero-order valence-corrected chi connectivity index (χ0v) is 9.35. The molecule has 0 heterocycles. The van der Waals surface area contributed by atoms with E-state index >= 15 is 0 Å². The van der Waals surface area contributed by atoms with E-state index in [2.05, 4.69) is 15.9 Å². The number of aliphatic hydroxyl groups is 1. The lowest BCUT2D eigenvalue weighted by Crippen LogP contribution is -1.88. The lowest BCUT2D eigenvalue weighted by Gasteiger charge is -2.07. The van der Waals surface area contributed by atoms with E-state index in [0.717, 1.165) is 0 Å². The van der Waals surface area contributed by atoms with Crippen molar-refractivity contribution in [3.05, 3.63) is 58.4 Å². The molecule has 0 aliphatic heterocycles. The molecule has 15 heavy (non-hydrogen) atoms. The maximum absolute atomic E-state index is 9.43. The number of rotatable bonds is 2. The van der Waals surface area contributed by atoms with E-state index in [1.165, 1.54) is 6.07 Å². The van der Waals surface area contributed by atoms with Crippen LogP contribution in [-0.2, 0) is 6.61 Å². The number of hydrogen-bond donors (Lipinski definition) is 1. The molecular weight excluding hydrogens is 252 g/mol. The highest BCUT2D eigenvalue weighted by Crippen LogP contribution is 2.25. The Hall–Kier alpha value is -1.12. The molecule has 0 aromatic heterocycles. The topological polar surface area (TPSA) is 20.2 Å². The van der Waals surface area contributed by atoms with Crippen molar-refractivity contribution in [2.45, 2.75) is 6.61 Å². The first-order chi connectivity index (χ1) is 9.38. The third-order valence-corrected chi connectivity index (χ3v) is 2.46. The predicted octanol–water partition coefficient (Wildman–Crippen LogP) is 3.61. The molecule has 76 valence electrons. The zero-order valence-electron chi connectivity index (χ0n) is 12.8. The lowest BCUT2D eigenvalue weighted by atomic mass is 10.0. The van der Waals surface area contributed by atoms with Crippen LogP contribution in [0.2, 0.25) is 0 Å². The summed E-state index contributed by atoms with van der Waals surface area (Å²) < 4.78 is 39.8. The normalized spacial score (nSPS) is 14.9. The van der Waals surface area contributed by atoms with Crippen molar-refractivity contribution in [3.8, 4) is 11.1 Å². The summed E-state index contributed by atoms with van der Waals surface area (Å²) in [7, 11) is 0. The van der Waals surface area contributed by atoms with Crippen LogP contribution in [0.1, 0.15) is 12.4 Å². The van der Waals surface area contributed by atoms with E-state index in [0.29, 0.717) is 10.0 Å². The van der Waals surface area contributed by atoms with Gasteiger partial charge in [-0.25, -0.2) is 0 Å². The molecule has 0 fully saturated rings. The molecule has 2 aromatic rings. The van der Waals surface area contributed by atoms with Gasteiger partial charge in [0.1, 0.15) is 0 Å². The molecule has 0 atom stereocenters. The van der Waals surface area contributed by atoms with Crippen molar-refractivity contribution in [2.24, 2.45) is 0 Å². The monoisotopic (exact) mass is 267 g/mol. The van der Waals surface area contributed by atoms with Gasteiger partial charge < -0.3 is 5.11 Å². The molecule has 0 bridgehead atoms. The predicted molar refractivity (Wildman–Crippen MR) is 65.5 cm³/mol. The smallest absolute Gasteiger partial charge is 0.0687 e. The quantitative estimate of drug-likeness (QED) is 0.882. The Labute approximate surface area is 105 Å². The largest absolute Gasteiger partial charge is 0.392 e. The second kappa shape index (κ2) is 4.60. The van der Waals surface area contributed by atoms with E-state index in [1.807, 2.05) is 0 Å². The SMILES string of the molecule is [2H]c1cc(Br)ccc1-c1c([2H])c([2H])c([2H])c([2H])c1CO. The molecule has 0 amide bonds. The molecule has 2 rings (SSSR count). The summed E-state index contributed by atoms with van der Waals surface area (Å²) in [6, 6.07) is 3.68. The average Bonchev–Trinajstić information content (AvgIpc) is 2.41. The third kappa shape index (κ3) is 2.28. The van der Waals surface area contributed by atoms with Crippen LogP contribution in [0.4, 0.5) is 0 Å². The van der Waals surface area contributed by atoms with Crippen molar-refractivity contribution in [1.29, 1.82) is 0 Å². The third-order valence-electron chi connectivity index (χ3n) is 1.97. The minimum atomic E-state index is -0.512. The maximum atomic E-state index is 9.43. The van der Waals surface area contributed by atoms with Crippen LogP contribution in [-0.4, -0.2) is 5.11 Å². The van der Waals surface area contributed by atoms with Crippen LogP contribution in [0.3, 0.4) is 0 Å². The molecule has 0 aliphatic carbocycles. The van der Waals surface area contributed by atoms with Crippen LogP contribution >= 0.6 is 15.9 Å². The molecule has 0 saturated heterocycles. The Morgan fingerprint density at radius 3 is 2.67 bits per heavy atom. The molecule has 0 radical (unpaired) electrons. The van der Waals surface area contributed by atoms with Crippen molar-refractivity contribution in [1.82, 2.24) is 0 Å². The van der Waals surface area contributed by atoms with E-state index in [4.69, 9.17) is 6.85 Å². The van der Waals surface area contributed by atoms with E-state index < -0.39 is 6.61 Å². The van der Waals surface area contributed by atoms with E-state index in [9.17, 15) is 5.11 Å². The summed E-state index contributed by atoms with van der Waals surface area (Å²) in [4.78, 5) is 0. The first kappa shape index (κ1) is 5.83. The van der Waals surface area contributed by atoms with Gasteiger partial charge in [0.05, 0.1) is 13.5 Å². The van der Waals surface area contributed by atoms with Crippen LogP contribution in [0.25, 0.3) is 11.1 Å². The Bertz CT molecular complexity index is 687. The van der Waals surface area contributed by atoms with Gasteiger partial charge in [-0.2, -0.15) is 0 Å². The summed E-state index contributed by atoms with van der Waals surface area (Å²) in [6.45, 7) is -0.512. The van der Waals surface area contributed by atoms with Crippen molar-refractivity contribution in [2.75, 3.05) is 0 Å². The number of halogens is 1. The van der Waals surface area contributed by atoms with Gasteiger partial charge in [0.15, 0.2) is 0 Å². The Balaban J connectivity index is 2.86. The highest BCUT2D eigenvalue weighted by Gasteiger charge is 2.02. The van der Waals surface area contributed by atoms with Crippen LogP contribution in [0, 0.1) is 0 Å². The van der Waals surface area contributed by atoms with Crippen LogP contribution in [0.15, 0.2) is 52.9 Å². The Morgan fingerprint density at radius 1 is 1.13 bits per heavy atom. The highest BCUT2D eigenvalue weighted by atomic mass is 79.9. The number of hydrogen-bond acceptors (Lipinski definition) is 1. The van der Waals surface area contributed by atoms with Gasteiger partial charge in [-0.05, 0) is 28.8 Å². The van der Waals surface area contributed by atoms with Crippen molar-refractivity contribution in [3.63, 3.8) is 0 Å². The summed E-state index contributed by atoms with van der Waals surface area (Å²) in [6.07, 6.45) is 0. The molecule has 0 unspecified atom stereocenters. The molecular formula is C13H11BrO. The molecule has 1 nitrogen and oxygen atoms in total. The van der Waals surface area contributed by atoms with Gasteiger partial charge in [0.25, 0.3) is 0 Å². The second-order valence-electron chi connectivity index (χ2n) is 2.93. The maximum Gasteiger partial charge on any atom is 0.0687 e. The van der Waals surface area contributed by atoms with Gasteiger partial charge >= 0.3 is 0 Å². The van der Waals surface area contributed by atoms with Crippen LogP contribution in [0.5, 0.6) is 0 Å². The van der Waals surface area contributed by atoms with E-state index in [-0.39, 0.29) is 41.3 Å². The fourth-order valence-corrected chi connectivity index (χ4v) is 1.49. The standard InChI is InChI=1S/C13H11BrO/c14-12-7-5-10(6-8-12)13-4-2-1-3-11(13)9-15/h1-8,15H,9H2/i1D,2D,3D,4D,5D. The lowest BCUT2D eigenvalue weighted by molar-refractivity contribution is 0.282. The summed E-state index contributed by atoms with van der Waals surface area (Å²) in [5, 5.41) is 9.43. The summed E-state index contributed by atoms with van der Waals surface area (Å²) in [5.41, 5.74) is 0.645. The first-order valence-electron chi connectivity index (χ1n) is 6.85. The van der Waals surface area contributed by atoms with Gasteiger partial charge in [-0.1, -0.05) is 52.2 Å². The number of benzene rings is 2. The molecule has 0 saturated carbocycles. The van der Waals surface area contributed by atoms with Crippen molar-refractivity contribution >= 4 is 15.9 Å². The molecule has 2 heteroatoms. The molecule has 1 N–H and O–H groups in total. The minimum absolute atomic E-state index is 0.104. The summed E-state index contributed by atoms with van der Waals surface area (Å²) >= 11 is 3.24. The van der Waals surface area contributed by atoms with Gasteiger partial charge in [-0.15, -0.1) is 0 Å². The Kier molecular flexibility index (Phi) is 1.79. The van der Waals surface area contributed by atoms with Gasteiger partial charge in [0, 0.05) is 4.47 Å². The highest BCUT2D eigenvalue weighted by molar-refractivity contribution is 9.10. The Morgan fingerprint density at radius 2 is 1.93 bits per heavy atom. The fraction of sp³-hybridized carbons (Fsp3) is 0.0769. The molecule has 2 aromatic carbocycles. The van der Waals surface area contributed by atoms with E-state index in [1.54, 1.807) is 12.1 Å². The fourth-order valence-electron chi connectivity index (χ4n) is 1.25.